The zero-order chi connectivity index (χ0) is 16.0. The van der Waals surface area contributed by atoms with Crippen LogP contribution in [0.2, 0.25) is 0 Å². The van der Waals surface area contributed by atoms with Gasteiger partial charge in [-0.1, -0.05) is 13.5 Å². The Balaban J connectivity index is 2.52. The molecule has 2 amide bonds. The molecule has 0 bridgehead atoms. The van der Waals surface area contributed by atoms with Gasteiger partial charge in [0.15, 0.2) is 0 Å². The summed E-state index contributed by atoms with van der Waals surface area (Å²) in [7, 11) is 1.48. The molecule has 1 aromatic carbocycles. The summed E-state index contributed by atoms with van der Waals surface area (Å²) in [5.74, 6) is -2.26. The van der Waals surface area contributed by atoms with Crippen LogP contribution in [0.15, 0.2) is 30.9 Å². The Hall–Kier alpha value is -2.24. The van der Waals surface area contributed by atoms with Crippen LogP contribution in [0, 0.1) is 11.6 Å². The van der Waals surface area contributed by atoms with Crippen molar-refractivity contribution in [3.8, 4) is 0 Å². The van der Waals surface area contributed by atoms with Crippen LogP contribution in [0.5, 0.6) is 0 Å². The Morgan fingerprint density at radius 2 is 1.90 bits per heavy atom. The minimum atomic E-state index is -0.653. The second-order valence-corrected chi connectivity index (χ2v) is 4.81. The monoisotopic (exact) mass is 296 g/mol. The fraction of sp³-hybridized carbons (Fsp3) is 0.333. The van der Waals surface area contributed by atoms with E-state index in [2.05, 4.69) is 11.9 Å². The van der Waals surface area contributed by atoms with Crippen LogP contribution in [0.4, 0.5) is 8.78 Å². The first-order valence-corrected chi connectivity index (χ1v) is 6.43. The average molecular weight is 296 g/mol. The van der Waals surface area contributed by atoms with Crippen LogP contribution in [0.3, 0.4) is 0 Å². The molecular formula is C15H18F2N2O2. The first kappa shape index (κ1) is 16.8. The van der Waals surface area contributed by atoms with Gasteiger partial charge in [0.1, 0.15) is 11.6 Å². The Kier molecular flexibility index (Phi) is 6.02. The highest BCUT2D eigenvalue weighted by molar-refractivity contribution is 5.90. The normalized spacial score (nSPS) is 11.6. The average Bonchev–Trinajstić information content (AvgIpc) is 2.42. The van der Waals surface area contributed by atoms with Crippen molar-refractivity contribution in [1.29, 1.82) is 0 Å². The highest BCUT2D eigenvalue weighted by Crippen LogP contribution is 2.17. The molecule has 0 aliphatic rings. The van der Waals surface area contributed by atoms with Crippen molar-refractivity contribution >= 4 is 11.8 Å². The van der Waals surface area contributed by atoms with Gasteiger partial charge in [0, 0.05) is 19.7 Å². The van der Waals surface area contributed by atoms with Crippen LogP contribution in [-0.4, -0.2) is 36.9 Å². The molecule has 0 heterocycles. The third-order valence-electron chi connectivity index (χ3n) is 2.99. The minimum Gasteiger partial charge on any atom is -0.354 e. The molecule has 0 saturated heterocycles. The van der Waals surface area contributed by atoms with E-state index >= 15 is 0 Å². The van der Waals surface area contributed by atoms with Crippen LogP contribution in [-0.2, 0) is 9.59 Å². The van der Waals surface area contributed by atoms with Crippen LogP contribution < -0.4 is 5.32 Å². The van der Waals surface area contributed by atoms with Crippen molar-refractivity contribution < 1.29 is 18.4 Å². The second-order valence-electron chi connectivity index (χ2n) is 4.81. The van der Waals surface area contributed by atoms with Gasteiger partial charge in [0.25, 0.3) is 0 Å². The van der Waals surface area contributed by atoms with Crippen molar-refractivity contribution in [2.75, 3.05) is 20.1 Å². The predicted octanol–water partition coefficient (Wildman–Crippen LogP) is 1.83. The third-order valence-corrected chi connectivity index (χ3v) is 2.99. The van der Waals surface area contributed by atoms with Crippen LogP contribution >= 0.6 is 0 Å². The number of carbonyl (C=O) groups is 2. The van der Waals surface area contributed by atoms with E-state index in [-0.39, 0.29) is 30.8 Å². The van der Waals surface area contributed by atoms with Crippen LogP contribution in [0.25, 0.3) is 0 Å². The van der Waals surface area contributed by atoms with Crippen LogP contribution in [0.1, 0.15) is 18.4 Å². The summed E-state index contributed by atoms with van der Waals surface area (Å²) in [6, 6.07) is 3.26. The molecule has 1 N–H and O–H groups in total. The van der Waals surface area contributed by atoms with Crippen molar-refractivity contribution in [3.63, 3.8) is 0 Å². The molecule has 0 saturated carbocycles. The number of hydrogen-bond donors (Lipinski definition) is 1. The molecule has 1 aromatic rings. The van der Waals surface area contributed by atoms with Gasteiger partial charge in [-0.25, -0.2) is 8.78 Å². The molecule has 1 atom stereocenters. The Bertz CT molecular complexity index is 526. The van der Waals surface area contributed by atoms with Gasteiger partial charge in [-0.05, 0) is 29.7 Å². The molecule has 1 unspecified atom stereocenters. The largest absolute Gasteiger partial charge is 0.354 e. The number of likely N-dealkylation sites (N-methyl/N-ethyl adjacent to an activating group) is 1. The molecule has 0 spiro atoms. The lowest BCUT2D eigenvalue weighted by Gasteiger charge is -2.17. The smallest absolute Gasteiger partial charge is 0.246 e. The number of amides is 2. The van der Waals surface area contributed by atoms with Crippen molar-refractivity contribution in [1.82, 2.24) is 10.2 Å². The highest BCUT2D eigenvalue weighted by Gasteiger charge is 2.13. The quantitative estimate of drug-likeness (QED) is 0.814. The van der Waals surface area contributed by atoms with E-state index in [1.165, 1.54) is 24.1 Å². The van der Waals surface area contributed by atoms with Gasteiger partial charge in [0.05, 0.1) is 6.54 Å². The highest BCUT2D eigenvalue weighted by atomic mass is 19.1. The maximum atomic E-state index is 13.1. The predicted molar refractivity (Wildman–Crippen MR) is 75.6 cm³/mol. The van der Waals surface area contributed by atoms with E-state index in [9.17, 15) is 18.4 Å². The zero-order valence-electron chi connectivity index (χ0n) is 12.0. The maximum absolute atomic E-state index is 13.1. The van der Waals surface area contributed by atoms with Crippen molar-refractivity contribution in [2.45, 2.75) is 12.8 Å². The SMILES string of the molecule is C=CC(=O)N(C)CC(=O)NCC(C)c1cc(F)cc(F)c1. The Morgan fingerprint density at radius 1 is 1.33 bits per heavy atom. The summed E-state index contributed by atoms with van der Waals surface area (Å²) in [6.45, 7) is 5.19. The first-order chi connectivity index (χ1) is 9.83. The molecular weight excluding hydrogens is 278 g/mol. The lowest BCUT2D eigenvalue weighted by molar-refractivity contribution is -0.131. The molecule has 0 aliphatic heterocycles. The third kappa shape index (κ3) is 5.33. The van der Waals surface area contributed by atoms with Crippen molar-refractivity contribution in [2.24, 2.45) is 0 Å². The minimum absolute atomic E-state index is 0.102. The van der Waals surface area contributed by atoms with Gasteiger partial charge in [0.2, 0.25) is 11.8 Å². The van der Waals surface area contributed by atoms with E-state index in [0.29, 0.717) is 5.56 Å². The zero-order valence-corrected chi connectivity index (χ0v) is 12.0. The molecule has 0 aliphatic carbocycles. The van der Waals surface area contributed by atoms with Gasteiger partial charge in [-0.2, -0.15) is 0 Å². The number of benzene rings is 1. The molecule has 114 valence electrons. The topological polar surface area (TPSA) is 49.4 Å². The number of halogens is 2. The lowest BCUT2D eigenvalue weighted by atomic mass is 10.0. The van der Waals surface area contributed by atoms with E-state index in [0.717, 1.165) is 12.1 Å². The number of hydrogen-bond acceptors (Lipinski definition) is 2. The summed E-state index contributed by atoms with van der Waals surface area (Å²) >= 11 is 0. The summed E-state index contributed by atoms with van der Waals surface area (Å²) in [4.78, 5) is 24.1. The van der Waals surface area contributed by atoms with Gasteiger partial charge < -0.3 is 10.2 Å². The molecule has 6 heteroatoms. The Labute approximate surface area is 122 Å². The number of rotatable bonds is 6. The second kappa shape index (κ2) is 7.52. The first-order valence-electron chi connectivity index (χ1n) is 6.43. The summed E-state index contributed by atoms with van der Waals surface area (Å²) in [6.07, 6.45) is 1.12. The molecule has 21 heavy (non-hydrogen) atoms. The fourth-order valence-corrected chi connectivity index (χ4v) is 1.75. The number of nitrogens with one attached hydrogen (secondary N) is 1. The van der Waals surface area contributed by atoms with E-state index < -0.39 is 11.6 Å². The van der Waals surface area contributed by atoms with Gasteiger partial charge >= 0.3 is 0 Å². The van der Waals surface area contributed by atoms with E-state index in [4.69, 9.17) is 0 Å². The standard InChI is InChI=1S/C15H18F2N2O2/c1-4-15(21)19(3)9-14(20)18-8-10(2)11-5-12(16)7-13(17)6-11/h4-7,10H,1,8-9H2,2-3H3,(H,18,20). The van der Waals surface area contributed by atoms with Gasteiger partial charge in [-0.3, -0.25) is 9.59 Å². The summed E-state index contributed by atoms with van der Waals surface area (Å²) in [5.41, 5.74) is 0.461. The lowest BCUT2D eigenvalue weighted by Crippen LogP contribution is -2.38. The summed E-state index contributed by atoms with van der Waals surface area (Å²) < 4.78 is 26.2. The number of nitrogens with zero attached hydrogens (tertiary/aromatic N) is 1. The van der Waals surface area contributed by atoms with Gasteiger partial charge in [-0.15, -0.1) is 0 Å². The van der Waals surface area contributed by atoms with E-state index in [1.807, 2.05) is 0 Å². The molecule has 0 radical (unpaired) electrons. The van der Waals surface area contributed by atoms with Crippen molar-refractivity contribution in [3.05, 3.63) is 48.1 Å². The Morgan fingerprint density at radius 3 is 2.43 bits per heavy atom. The maximum Gasteiger partial charge on any atom is 0.246 e. The summed E-state index contributed by atoms with van der Waals surface area (Å²) in [5, 5.41) is 2.62. The molecule has 4 nitrogen and oxygen atoms in total. The molecule has 1 rings (SSSR count). The molecule has 0 aromatic heterocycles. The number of carbonyl (C=O) groups excluding carboxylic acids is 2. The molecule has 0 fully saturated rings. The fourth-order valence-electron chi connectivity index (χ4n) is 1.75. The van der Waals surface area contributed by atoms with E-state index in [1.54, 1.807) is 6.92 Å².